The Balaban J connectivity index is 2.36. The zero-order chi connectivity index (χ0) is 14.7. The van der Waals surface area contributed by atoms with Crippen LogP contribution in [-0.4, -0.2) is 27.1 Å². The zero-order valence-electron chi connectivity index (χ0n) is 11.9. The molecule has 0 spiro atoms. The van der Waals surface area contributed by atoms with Crippen molar-refractivity contribution in [2.24, 2.45) is 5.92 Å². The number of anilines is 1. The summed E-state index contributed by atoms with van der Waals surface area (Å²) in [5.74, 6) is -0.211. The molecule has 2 rings (SSSR count). The van der Waals surface area contributed by atoms with Gasteiger partial charge in [-0.15, -0.1) is 11.3 Å². The van der Waals surface area contributed by atoms with Crippen molar-refractivity contribution in [2.45, 2.75) is 39.7 Å². The second kappa shape index (κ2) is 6.17. The van der Waals surface area contributed by atoms with Crippen molar-refractivity contribution in [1.82, 2.24) is 9.97 Å². The highest BCUT2D eigenvalue weighted by molar-refractivity contribution is 7.18. The van der Waals surface area contributed by atoms with Crippen LogP contribution in [0.4, 0.5) is 5.82 Å². The Morgan fingerprint density at radius 2 is 2.20 bits per heavy atom. The first-order valence-electron chi connectivity index (χ1n) is 6.79. The van der Waals surface area contributed by atoms with Crippen LogP contribution in [0.3, 0.4) is 0 Å². The third-order valence-electron chi connectivity index (χ3n) is 3.50. The Kier molecular flexibility index (Phi) is 4.54. The van der Waals surface area contributed by atoms with Gasteiger partial charge in [0, 0.05) is 4.88 Å². The van der Waals surface area contributed by atoms with Gasteiger partial charge in [-0.25, -0.2) is 14.8 Å². The number of carboxylic acids is 1. The lowest BCUT2D eigenvalue weighted by Gasteiger charge is -2.20. The van der Waals surface area contributed by atoms with E-state index in [1.165, 1.54) is 11.2 Å². The van der Waals surface area contributed by atoms with Crippen LogP contribution in [-0.2, 0) is 11.2 Å². The number of aryl methyl sites for hydroxylation is 1. The van der Waals surface area contributed by atoms with Gasteiger partial charge in [-0.1, -0.05) is 27.2 Å². The van der Waals surface area contributed by atoms with Gasteiger partial charge in [-0.3, -0.25) is 0 Å². The summed E-state index contributed by atoms with van der Waals surface area (Å²) >= 11 is 1.62. The number of rotatable bonds is 6. The number of carbonyl (C=O) groups is 1. The summed E-state index contributed by atoms with van der Waals surface area (Å²) in [5.41, 5.74) is 0. The fourth-order valence-corrected chi connectivity index (χ4v) is 2.96. The molecule has 2 atom stereocenters. The maximum atomic E-state index is 11.4. The molecule has 2 aromatic rings. The molecule has 0 aliphatic heterocycles. The van der Waals surface area contributed by atoms with Gasteiger partial charge >= 0.3 is 5.97 Å². The fraction of sp³-hybridized carbons (Fsp3) is 0.500. The third kappa shape index (κ3) is 2.90. The molecule has 6 heteroatoms. The van der Waals surface area contributed by atoms with Crippen LogP contribution in [0.25, 0.3) is 10.2 Å². The molecule has 0 bridgehead atoms. The van der Waals surface area contributed by atoms with Crippen LogP contribution < -0.4 is 5.32 Å². The minimum absolute atomic E-state index is 0.0294. The molecular formula is C14H19N3O2S. The summed E-state index contributed by atoms with van der Waals surface area (Å²) in [6.07, 6.45) is 3.21. The number of hydrogen-bond acceptors (Lipinski definition) is 5. The number of carboxylic acid groups (broad SMARTS) is 1. The zero-order valence-corrected chi connectivity index (χ0v) is 12.7. The molecule has 2 aromatic heterocycles. The molecule has 0 aliphatic carbocycles. The largest absolute Gasteiger partial charge is 0.480 e. The average Bonchev–Trinajstić information content (AvgIpc) is 2.87. The van der Waals surface area contributed by atoms with E-state index in [0.717, 1.165) is 23.1 Å². The molecule has 108 valence electrons. The Bertz CT molecular complexity index is 611. The first-order valence-corrected chi connectivity index (χ1v) is 7.61. The molecule has 0 amide bonds. The second-order valence-corrected chi connectivity index (χ2v) is 5.97. The Morgan fingerprint density at radius 3 is 2.80 bits per heavy atom. The Hall–Kier alpha value is -1.69. The lowest BCUT2D eigenvalue weighted by atomic mass is 9.99. The quantitative estimate of drug-likeness (QED) is 0.855. The second-order valence-electron chi connectivity index (χ2n) is 4.85. The number of aliphatic carboxylic acids is 1. The van der Waals surface area contributed by atoms with E-state index >= 15 is 0 Å². The molecule has 20 heavy (non-hydrogen) atoms. The van der Waals surface area contributed by atoms with Gasteiger partial charge in [0.05, 0.1) is 5.39 Å². The van der Waals surface area contributed by atoms with Crippen molar-refractivity contribution < 1.29 is 9.90 Å². The number of aromatic nitrogens is 2. The molecule has 5 nitrogen and oxygen atoms in total. The number of nitrogens with one attached hydrogen (secondary N) is 1. The van der Waals surface area contributed by atoms with Crippen LogP contribution in [0, 0.1) is 5.92 Å². The van der Waals surface area contributed by atoms with Crippen LogP contribution in [0.2, 0.25) is 0 Å². The molecule has 0 fully saturated rings. The molecule has 0 saturated carbocycles. The predicted molar refractivity (Wildman–Crippen MR) is 81.3 cm³/mol. The molecule has 0 saturated heterocycles. The summed E-state index contributed by atoms with van der Waals surface area (Å²) in [4.78, 5) is 22.0. The Morgan fingerprint density at radius 1 is 1.45 bits per heavy atom. The summed E-state index contributed by atoms with van der Waals surface area (Å²) in [5, 5.41) is 13.3. The normalized spacial score (nSPS) is 14.2. The van der Waals surface area contributed by atoms with Gasteiger partial charge in [-0.05, 0) is 18.4 Å². The van der Waals surface area contributed by atoms with E-state index < -0.39 is 12.0 Å². The van der Waals surface area contributed by atoms with Gasteiger partial charge in [-0.2, -0.15) is 0 Å². The van der Waals surface area contributed by atoms with E-state index in [1.807, 2.05) is 19.9 Å². The topological polar surface area (TPSA) is 75.1 Å². The van der Waals surface area contributed by atoms with Gasteiger partial charge < -0.3 is 10.4 Å². The van der Waals surface area contributed by atoms with Crippen LogP contribution in [0.1, 0.15) is 32.1 Å². The standard InChI is InChI=1S/C14H19N3O2S/c1-4-8(3)11(14(18)19)17-12-10-6-9(5-2)20-13(10)16-7-15-12/h6-8,11H,4-5H2,1-3H3,(H,18,19)(H,15,16,17). The summed E-state index contributed by atoms with van der Waals surface area (Å²) in [6.45, 7) is 6.00. The van der Waals surface area contributed by atoms with Crippen LogP contribution in [0.5, 0.6) is 0 Å². The van der Waals surface area contributed by atoms with Crippen LogP contribution in [0.15, 0.2) is 12.4 Å². The lowest BCUT2D eigenvalue weighted by Crippen LogP contribution is -2.35. The molecule has 2 unspecified atom stereocenters. The number of hydrogen-bond donors (Lipinski definition) is 2. The van der Waals surface area contributed by atoms with E-state index in [1.54, 1.807) is 11.3 Å². The predicted octanol–water partition coefficient (Wildman–Crippen LogP) is 3.16. The highest BCUT2D eigenvalue weighted by atomic mass is 32.1. The maximum Gasteiger partial charge on any atom is 0.326 e. The van der Waals surface area contributed by atoms with Gasteiger partial charge in [0.15, 0.2) is 0 Å². The number of fused-ring (bicyclic) bond motifs is 1. The summed E-state index contributed by atoms with van der Waals surface area (Å²) in [7, 11) is 0. The van der Waals surface area contributed by atoms with E-state index in [2.05, 4.69) is 22.2 Å². The lowest BCUT2D eigenvalue weighted by molar-refractivity contribution is -0.139. The van der Waals surface area contributed by atoms with E-state index in [-0.39, 0.29) is 5.92 Å². The monoisotopic (exact) mass is 293 g/mol. The maximum absolute atomic E-state index is 11.4. The van der Waals surface area contributed by atoms with Gasteiger partial charge in [0.25, 0.3) is 0 Å². The first kappa shape index (κ1) is 14.7. The minimum Gasteiger partial charge on any atom is -0.480 e. The fourth-order valence-electron chi connectivity index (χ4n) is 2.03. The average molecular weight is 293 g/mol. The number of thiophene rings is 1. The molecule has 0 radical (unpaired) electrons. The molecule has 0 aliphatic rings. The smallest absolute Gasteiger partial charge is 0.326 e. The van der Waals surface area contributed by atoms with Crippen molar-refractivity contribution in [1.29, 1.82) is 0 Å². The van der Waals surface area contributed by atoms with Crippen molar-refractivity contribution in [2.75, 3.05) is 5.32 Å². The molecule has 2 heterocycles. The van der Waals surface area contributed by atoms with E-state index in [0.29, 0.717) is 5.82 Å². The highest BCUT2D eigenvalue weighted by Gasteiger charge is 2.24. The molecule has 2 N–H and O–H groups in total. The third-order valence-corrected chi connectivity index (χ3v) is 4.69. The van der Waals surface area contributed by atoms with Crippen molar-refractivity contribution in [3.63, 3.8) is 0 Å². The molecule has 0 aromatic carbocycles. The SMILES string of the molecule is CCc1cc2c(NC(C(=O)O)C(C)CC)ncnc2s1. The van der Waals surface area contributed by atoms with Crippen molar-refractivity contribution in [3.8, 4) is 0 Å². The van der Waals surface area contributed by atoms with Crippen LogP contribution >= 0.6 is 11.3 Å². The highest BCUT2D eigenvalue weighted by Crippen LogP contribution is 2.29. The molecular weight excluding hydrogens is 274 g/mol. The minimum atomic E-state index is -0.850. The van der Waals surface area contributed by atoms with Crippen molar-refractivity contribution in [3.05, 3.63) is 17.3 Å². The van der Waals surface area contributed by atoms with E-state index in [4.69, 9.17) is 0 Å². The number of nitrogens with zero attached hydrogens (tertiary/aromatic N) is 2. The summed E-state index contributed by atoms with van der Waals surface area (Å²) in [6, 6.07) is 1.40. The van der Waals surface area contributed by atoms with E-state index in [9.17, 15) is 9.90 Å². The summed E-state index contributed by atoms with van der Waals surface area (Å²) < 4.78 is 0. The first-order chi connectivity index (χ1) is 9.56. The van der Waals surface area contributed by atoms with Crippen molar-refractivity contribution >= 4 is 33.3 Å². The van der Waals surface area contributed by atoms with Gasteiger partial charge in [0.1, 0.15) is 23.0 Å². The van der Waals surface area contributed by atoms with Gasteiger partial charge in [0.2, 0.25) is 0 Å². The Labute approximate surface area is 122 Å².